The first-order chi connectivity index (χ1) is 10.4. The van der Waals surface area contributed by atoms with Crippen molar-refractivity contribution in [3.8, 4) is 0 Å². The van der Waals surface area contributed by atoms with Gasteiger partial charge < -0.3 is 10.6 Å². The van der Waals surface area contributed by atoms with Gasteiger partial charge in [-0.3, -0.25) is 4.68 Å². The van der Waals surface area contributed by atoms with Gasteiger partial charge in [-0.25, -0.2) is 4.79 Å². The molecule has 0 fully saturated rings. The van der Waals surface area contributed by atoms with Crippen molar-refractivity contribution in [2.45, 2.75) is 27.3 Å². The first kappa shape index (κ1) is 16.5. The topological polar surface area (TPSA) is 82.5 Å². The molecule has 0 aromatic carbocycles. The number of thiophene rings is 1. The minimum Gasteiger partial charge on any atom is -0.380 e. The third-order valence-corrected chi connectivity index (χ3v) is 4.59. The molecule has 2 aromatic heterocycles. The summed E-state index contributed by atoms with van der Waals surface area (Å²) in [5.41, 5.74) is 7.29. The summed E-state index contributed by atoms with van der Waals surface area (Å²) in [5.74, 6) is -0.707. The molecule has 2 N–H and O–H groups in total. The van der Waals surface area contributed by atoms with Crippen molar-refractivity contribution >= 4 is 34.7 Å². The van der Waals surface area contributed by atoms with E-state index in [9.17, 15) is 4.79 Å². The minimum atomic E-state index is -0.469. The zero-order valence-electron chi connectivity index (χ0n) is 12.5. The highest BCUT2D eigenvalue weighted by molar-refractivity contribution is 7.12. The van der Waals surface area contributed by atoms with E-state index in [4.69, 9.17) is 22.2 Å². The van der Waals surface area contributed by atoms with E-state index >= 15 is 0 Å². The van der Waals surface area contributed by atoms with Crippen molar-refractivity contribution in [3.05, 3.63) is 38.8 Å². The molecule has 1 atom stereocenters. The van der Waals surface area contributed by atoms with Crippen molar-refractivity contribution in [1.29, 1.82) is 0 Å². The molecule has 0 bridgehead atoms. The average Bonchev–Trinajstić information content (AvgIpc) is 3.10. The van der Waals surface area contributed by atoms with E-state index in [2.05, 4.69) is 10.3 Å². The molecule has 2 heterocycles. The van der Waals surface area contributed by atoms with Crippen LogP contribution >= 0.6 is 22.9 Å². The van der Waals surface area contributed by atoms with Crippen molar-refractivity contribution in [2.75, 3.05) is 0 Å². The van der Waals surface area contributed by atoms with Crippen molar-refractivity contribution in [3.63, 3.8) is 0 Å². The molecular formula is C14H17ClN4O2S. The van der Waals surface area contributed by atoms with Crippen molar-refractivity contribution in [1.82, 2.24) is 9.78 Å². The molecule has 0 saturated heterocycles. The molecule has 2 rings (SSSR count). The number of nitrogens with zero attached hydrogens (tertiary/aromatic N) is 3. The molecule has 0 aliphatic carbocycles. The number of carbonyl (C=O) groups excluding carboxylic acids is 1. The van der Waals surface area contributed by atoms with Crippen LogP contribution in [0, 0.1) is 19.8 Å². The number of halogens is 1. The second-order valence-electron chi connectivity index (χ2n) is 4.93. The Hall–Kier alpha value is -1.86. The summed E-state index contributed by atoms with van der Waals surface area (Å²) in [5, 5.41) is 10.4. The van der Waals surface area contributed by atoms with Gasteiger partial charge in [-0.05, 0) is 25.3 Å². The Morgan fingerprint density at radius 1 is 1.59 bits per heavy atom. The van der Waals surface area contributed by atoms with E-state index in [0.29, 0.717) is 11.6 Å². The van der Waals surface area contributed by atoms with Gasteiger partial charge in [-0.2, -0.15) is 5.10 Å². The minimum absolute atomic E-state index is 0.185. The molecule has 0 saturated carbocycles. The molecule has 0 amide bonds. The van der Waals surface area contributed by atoms with Gasteiger partial charge in [0.25, 0.3) is 0 Å². The summed E-state index contributed by atoms with van der Waals surface area (Å²) in [6, 6.07) is 3.65. The smallest absolute Gasteiger partial charge is 0.339 e. The van der Waals surface area contributed by atoms with Crippen LogP contribution in [0.4, 0.5) is 0 Å². The highest BCUT2D eigenvalue weighted by atomic mass is 35.5. The van der Waals surface area contributed by atoms with Gasteiger partial charge in [-0.15, -0.1) is 11.3 Å². The summed E-state index contributed by atoms with van der Waals surface area (Å²) in [6.07, 6.45) is 0. The predicted octanol–water partition coefficient (Wildman–Crippen LogP) is 2.71. The second-order valence-corrected chi connectivity index (χ2v) is 6.26. The van der Waals surface area contributed by atoms with E-state index in [1.54, 1.807) is 17.7 Å². The van der Waals surface area contributed by atoms with Crippen LogP contribution in [0.25, 0.3) is 0 Å². The predicted molar refractivity (Wildman–Crippen MR) is 87.0 cm³/mol. The van der Waals surface area contributed by atoms with Crippen LogP contribution < -0.4 is 5.73 Å². The molecule has 0 aliphatic rings. The summed E-state index contributed by atoms with van der Waals surface area (Å²) < 4.78 is 1.69. The molecule has 2 aromatic rings. The first-order valence-corrected chi connectivity index (χ1v) is 7.93. The van der Waals surface area contributed by atoms with Crippen LogP contribution in [0.3, 0.4) is 0 Å². The van der Waals surface area contributed by atoms with Gasteiger partial charge in [0.15, 0.2) is 5.84 Å². The van der Waals surface area contributed by atoms with E-state index in [0.717, 1.165) is 16.3 Å². The lowest BCUT2D eigenvalue weighted by Crippen LogP contribution is -2.21. The number of aryl methyl sites for hydroxylation is 1. The third-order valence-electron chi connectivity index (χ3n) is 3.15. The van der Waals surface area contributed by atoms with Gasteiger partial charge >= 0.3 is 5.97 Å². The Morgan fingerprint density at radius 3 is 2.86 bits per heavy atom. The molecule has 118 valence electrons. The van der Waals surface area contributed by atoms with Crippen molar-refractivity contribution in [2.24, 2.45) is 16.8 Å². The number of nitrogens with two attached hydrogens (primary N) is 1. The zero-order chi connectivity index (χ0) is 16.3. The number of oxime groups is 1. The van der Waals surface area contributed by atoms with Crippen LogP contribution in [-0.4, -0.2) is 21.6 Å². The molecule has 22 heavy (non-hydrogen) atoms. The standard InChI is InChI=1S/C14H17ClN4O2S/c1-8(7-19-10(3)12(15)9(2)17-19)14(20)21-18-13(16)11-5-4-6-22-11/h4-6,8H,7H2,1-3H3,(H2,16,18). The SMILES string of the molecule is Cc1nn(CC(C)C(=O)O/N=C(\N)c2cccs2)c(C)c1Cl. The fourth-order valence-corrected chi connectivity index (χ4v) is 2.59. The van der Waals surface area contributed by atoms with Crippen LogP contribution in [-0.2, 0) is 16.2 Å². The molecule has 8 heteroatoms. The van der Waals surface area contributed by atoms with Gasteiger partial charge in [0.2, 0.25) is 0 Å². The van der Waals surface area contributed by atoms with E-state index < -0.39 is 11.9 Å². The molecule has 1 unspecified atom stereocenters. The summed E-state index contributed by atoms with van der Waals surface area (Å²) in [7, 11) is 0. The van der Waals surface area contributed by atoms with Crippen LogP contribution in [0.5, 0.6) is 0 Å². The fourth-order valence-electron chi connectivity index (χ4n) is 1.84. The lowest BCUT2D eigenvalue weighted by molar-refractivity contribution is -0.148. The summed E-state index contributed by atoms with van der Waals surface area (Å²) in [4.78, 5) is 17.6. The third kappa shape index (κ3) is 3.66. The monoisotopic (exact) mass is 340 g/mol. The fraction of sp³-hybridized carbons (Fsp3) is 0.357. The van der Waals surface area contributed by atoms with Crippen LogP contribution in [0.2, 0.25) is 5.02 Å². The maximum Gasteiger partial charge on any atom is 0.339 e. The number of hydrogen-bond acceptors (Lipinski definition) is 5. The molecule has 0 spiro atoms. The summed E-state index contributed by atoms with van der Waals surface area (Å²) >= 11 is 7.51. The Morgan fingerprint density at radius 2 is 2.32 bits per heavy atom. The number of carbonyl (C=O) groups is 1. The average molecular weight is 341 g/mol. The lowest BCUT2D eigenvalue weighted by Gasteiger charge is -2.10. The van der Waals surface area contributed by atoms with E-state index in [-0.39, 0.29) is 5.84 Å². The van der Waals surface area contributed by atoms with E-state index in [1.165, 1.54) is 11.3 Å². The largest absolute Gasteiger partial charge is 0.380 e. The summed E-state index contributed by atoms with van der Waals surface area (Å²) in [6.45, 7) is 5.78. The molecule has 0 aliphatic heterocycles. The normalized spacial score (nSPS) is 13.2. The quantitative estimate of drug-likeness (QED) is 0.392. The Balaban J connectivity index is 1.97. The molecule has 0 radical (unpaired) electrons. The Bertz CT molecular complexity index is 694. The van der Waals surface area contributed by atoms with Crippen molar-refractivity contribution < 1.29 is 9.63 Å². The Labute approximate surface area is 137 Å². The molecular weight excluding hydrogens is 324 g/mol. The van der Waals surface area contributed by atoms with Gasteiger partial charge in [-0.1, -0.05) is 29.7 Å². The highest BCUT2D eigenvalue weighted by Gasteiger charge is 2.19. The van der Waals surface area contributed by atoms with Gasteiger partial charge in [0.1, 0.15) is 0 Å². The maximum absolute atomic E-state index is 12.0. The zero-order valence-corrected chi connectivity index (χ0v) is 14.1. The maximum atomic E-state index is 12.0. The van der Waals surface area contributed by atoms with Gasteiger partial charge in [0.05, 0.1) is 33.8 Å². The number of rotatable bonds is 5. The highest BCUT2D eigenvalue weighted by Crippen LogP contribution is 2.20. The molecule has 6 nitrogen and oxygen atoms in total. The number of hydrogen-bond donors (Lipinski definition) is 1. The van der Waals surface area contributed by atoms with Crippen LogP contribution in [0.15, 0.2) is 22.7 Å². The van der Waals surface area contributed by atoms with Crippen LogP contribution in [0.1, 0.15) is 23.2 Å². The number of aromatic nitrogens is 2. The first-order valence-electron chi connectivity index (χ1n) is 6.67. The van der Waals surface area contributed by atoms with E-state index in [1.807, 2.05) is 25.3 Å². The van der Waals surface area contributed by atoms with Gasteiger partial charge in [0, 0.05) is 0 Å². The second kappa shape index (κ2) is 6.93. The lowest BCUT2D eigenvalue weighted by atomic mass is 10.2. The Kier molecular flexibility index (Phi) is 5.20. The number of amidine groups is 1.